The average Bonchev–Trinajstić information content (AvgIpc) is 2.45. The first-order chi connectivity index (χ1) is 10.9. The van der Waals surface area contributed by atoms with Crippen LogP contribution >= 0.6 is 0 Å². The van der Waals surface area contributed by atoms with Crippen molar-refractivity contribution in [1.82, 2.24) is 0 Å². The van der Waals surface area contributed by atoms with Gasteiger partial charge < -0.3 is 8.92 Å². The molecule has 0 aromatic heterocycles. The van der Waals surface area contributed by atoms with Crippen molar-refractivity contribution in [3.8, 4) is 5.75 Å². The van der Waals surface area contributed by atoms with Gasteiger partial charge in [0, 0.05) is 0 Å². The zero-order valence-corrected chi connectivity index (χ0v) is 15.7. The van der Waals surface area contributed by atoms with Gasteiger partial charge in [-0.2, -0.15) is 4.21 Å². The molecule has 0 heterocycles. The van der Waals surface area contributed by atoms with Crippen LogP contribution in [-0.2, 0) is 29.9 Å². The number of rotatable bonds is 7. The normalized spacial score (nSPS) is 15.2. The average molecular weight is 356 g/mol. The van der Waals surface area contributed by atoms with E-state index in [1.807, 2.05) is 6.92 Å². The summed E-state index contributed by atoms with van der Waals surface area (Å²) < 4.78 is 27.3. The lowest BCUT2D eigenvalue weighted by Crippen LogP contribution is -2.44. The number of benzene rings is 1. The predicted molar refractivity (Wildman–Crippen MR) is 90.5 cm³/mol. The zero-order valence-electron chi connectivity index (χ0n) is 14.9. The molecule has 1 rings (SSSR count). The summed E-state index contributed by atoms with van der Waals surface area (Å²) >= 11 is -2.14. The number of ether oxygens (including phenoxy) is 1. The maximum Gasteiger partial charge on any atom is 0.360 e. The largest absolute Gasteiger partial charge is 0.459 e. The topological polar surface area (TPSA) is 78.9 Å². The van der Waals surface area contributed by atoms with Crippen LogP contribution in [0.2, 0.25) is 0 Å². The molecule has 0 bridgehead atoms. The molecule has 0 radical (unpaired) electrons. The van der Waals surface area contributed by atoms with Crippen LogP contribution < -0.4 is 4.18 Å². The molecule has 1 aromatic rings. The first kappa shape index (κ1) is 20.3. The molecule has 1 aromatic carbocycles. The molecule has 2 unspecified atom stereocenters. The molecule has 6 nitrogen and oxygen atoms in total. The van der Waals surface area contributed by atoms with E-state index in [1.54, 1.807) is 45.0 Å². The van der Waals surface area contributed by atoms with Gasteiger partial charge in [0.25, 0.3) is 0 Å². The molecule has 0 N–H and O–H groups in total. The predicted octanol–water partition coefficient (Wildman–Crippen LogP) is 2.91. The van der Waals surface area contributed by atoms with Gasteiger partial charge in [-0.1, -0.05) is 17.7 Å². The monoisotopic (exact) mass is 356 g/mol. The number of esters is 1. The van der Waals surface area contributed by atoms with Crippen molar-refractivity contribution in [3.63, 3.8) is 0 Å². The molecule has 0 aliphatic rings. The molecular formula is C17H24O6S. The number of ketones is 1. The van der Waals surface area contributed by atoms with E-state index < -0.39 is 40.7 Å². The van der Waals surface area contributed by atoms with Crippen molar-refractivity contribution < 1.29 is 26.9 Å². The smallest absolute Gasteiger partial charge is 0.360 e. The van der Waals surface area contributed by atoms with E-state index >= 15 is 0 Å². The van der Waals surface area contributed by atoms with Crippen LogP contribution in [0, 0.1) is 12.3 Å². The Balaban J connectivity index is 2.71. The van der Waals surface area contributed by atoms with Crippen LogP contribution in [0.15, 0.2) is 24.3 Å². The van der Waals surface area contributed by atoms with Gasteiger partial charge in [-0.05, 0) is 53.7 Å². The quantitative estimate of drug-likeness (QED) is 0.552. The second kappa shape index (κ2) is 7.90. The summed E-state index contributed by atoms with van der Waals surface area (Å²) in [5.41, 5.74) is -1.27. The van der Waals surface area contributed by atoms with Gasteiger partial charge in [0.1, 0.15) is 22.5 Å². The van der Waals surface area contributed by atoms with Crippen LogP contribution in [0.4, 0.5) is 0 Å². The standard InChI is InChI=1S/C17H24O6S/c1-12-7-9-14(10-8-12)23-24(20)21-11-17(6,13(2)18)15(19)22-16(3,4)5/h7-10H,11H2,1-6H3. The Hall–Kier alpha value is -1.73. The number of hydrogen-bond donors (Lipinski definition) is 0. The molecule has 7 heteroatoms. The van der Waals surface area contributed by atoms with Crippen LogP contribution in [-0.4, -0.2) is 28.2 Å². The minimum atomic E-state index is -2.14. The summed E-state index contributed by atoms with van der Waals surface area (Å²) in [5.74, 6) is -0.806. The van der Waals surface area contributed by atoms with Crippen LogP contribution in [0.1, 0.15) is 40.2 Å². The van der Waals surface area contributed by atoms with Gasteiger partial charge in [-0.25, -0.2) is 0 Å². The molecule has 0 spiro atoms. The first-order valence-corrected chi connectivity index (χ1v) is 8.48. The summed E-state index contributed by atoms with van der Waals surface area (Å²) in [4.78, 5) is 24.1. The number of hydrogen-bond acceptors (Lipinski definition) is 6. The fraction of sp³-hybridized carbons (Fsp3) is 0.529. The third kappa shape index (κ3) is 6.05. The van der Waals surface area contributed by atoms with Crippen molar-refractivity contribution in [2.45, 2.75) is 47.1 Å². The summed E-state index contributed by atoms with van der Waals surface area (Å²) in [7, 11) is 0. The van der Waals surface area contributed by atoms with Crippen molar-refractivity contribution in [2.75, 3.05) is 6.61 Å². The Bertz CT molecular complexity index is 617. The Morgan fingerprint density at radius 2 is 1.62 bits per heavy atom. The zero-order chi connectivity index (χ0) is 18.5. The molecule has 24 heavy (non-hydrogen) atoms. The Labute approximate surface area is 145 Å². The van der Waals surface area contributed by atoms with Crippen molar-refractivity contribution in [3.05, 3.63) is 29.8 Å². The summed E-state index contributed by atoms with van der Waals surface area (Å²) in [6.45, 7) is 9.26. The van der Waals surface area contributed by atoms with E-state index in [4.69, 9.17) is 13.1 Å². The van der Waals surface area contributed by atoms with Gasteiger partial charge in [-0.15, -0.1) is 0 Å². The highest BCUT2D eigenvalue weighted by atomic mass is 32.2. The van der Waals surface area contributed by atoms with E-state index in [0.717, 1.165) is 5.56 Å². The molecular weight excluding hydrogens is 332 g/mol. The molecule has 0 saturated carbocycles. The number of carbonyl (C=O) groups is 2. The number of aryl methyl sites for hydroxylation is 1. The lowest BCUT2D eigenvalue weighted by molar-refractivity contribution is -0.170. The molecule has 0 amide bonds. The minimum Gasteiger partial charge on any atom is -0.459 e. The fourth-order valence-corrected chi connectivity index (χ4v) is 2.21. The highest BCUT2D eigenvalue weighted by Crippen LogP contribution is 2.25. The van der Waals surface area contributed by atoms with Crippen molar-refractivity contribution in [1.29, 1.82) is 0 Å². The van der Waals surface area contributed by atoms with Crippen molar-refractivity contribution >= 4 is 23.1 Å². The summed E-state index contributed by atoms with van der Waals surface area (Å²) in [5, 5.41) is 0. The molecule has 0 fully saturated rings. The van der Waals surface area contributed by atoms with E-state index in [0.29, 0.717) is 5.75 Å². The van der Waals surface area contributed by atoms with Crippen LogP contribution in [0.25, 0.3) is 0 Å². The van der Waals surface area contributed by atoms with E-state index in [2.05, 4.69) is 0 Å². The van der Waals surface area contributed by atoms with Crippen LogP contribution in [0.3, 0.4) is 0 Å². The fourth-order valence-electron chi connectivity index (χ4n) is 1.56. The van der Waals surface area contributed by atoms with E-state index in [-0.39, 0.29) is 0 Å². The second-order valence-corrected chi connectivity index (χ2v) is 7.56. The third-order valence-corrected chi connectivity index (χ3v) is 3.89. The van der Waals surface area contributed by atoms with Gasteiger partial charge in [0.05, 0.1) is 6.61 Å². The molecule has 0 aliphatic carbocycles. The van der Waals surface area contributed by atoms with E-state index in [9.17, 15) is 13.8 Å². The van der Waals surface area contributed by atoms with Gasteiger partial charge in [0.2, 0.25) is 0 Å². The van der Waals surface area contributed by atoms with Gasteiger partial charge in [-0.3, -0.25) is 13.8 Å². The van der Waals surface area contributed by atoms with Crippen molar-refractivity contribution in [2.24, 2.45) is 5.41 Å². The maximum absolute atomic E-state index is 12.3. The minimum absolute atomic E-state index is 0.362. The lowest BCUT2D eigenvalue weighted by atomic mass is 9.87. The SMILES string of the molecule is CC(=O)C(C)(COS(=O)Oc1ccc(C)cc1)C(=O)OC(C)(C)C. The van der Waals surface area contributed by atoms with E-state index in [1.165, 1.54) is 13.8 Å². The Morgan fingerprint density at radius 1 is 1.08 bits per heavy atom. The molecule has 0 aliphatic heterocycles. The molecule has 2 atom stereocenters. The second-order valence-electron chi connectivity index (χ2n) is 6.75. The van der Waals surface area contributed by atoms with Crippen LogP contribution in [0.5, 0.6) is 5.75 Å². The van der Waals surface area contributed by atoms with Gasteiger partial charge >= 0.3 is 17.3 Å². The highest BCUT2D eigenvalue weighted by molar-refractivity contribution is 7.75. The first-order valence-electron chi connectivity index (χ1n) is 7.48. The maximum atomic E-state index is 12.3. The van der Waals surface area contributed by atoms with Gasteiger partial charge in [0.15, 0.2) is 0 Å². The summed E-state index contributed by atoms with van der Waals surface area (Å²) in [6.07, 6.45) is 0. The Kier molecular flexibility index (Phi) is 6.68. The lowest BCUT2D eigenvalue weighted by Gasteiger charge is -2.28. The highest BCUT2D eigenvalue weighted by Gasteiger charge is 2.43. The molecule has 0 saturated heterocycles. The Morgan fingerprint density at radius 3 is 2.08 bits per heavy atom. The molecule has 134 valence electrons. The summed E-state index contributed by atoms with van der Waals surface area (Å²) in [6, 6.07) is 6.89. The number of carbonyl (C=O) groups excluding carboxylic acids is 2. The number of Topliss-reactive ketones (excluding diaryl/α,β-unsaturated/α-hetero) is 1. The third-order valence-electron chi connectivity index (χ3n) is 3.26.